The molecule has 24 nitrogen and oxygen atoms in total. The summed E-state index contributed by atoms with van der Waals surface area (Å²) >= 11 is 0. The number of rotatable bonds is 0. The first-order valence-corrected chi connectivity index (χ1v) is 29.6. The van der Waals surface area contributed by atoms with Crippen molar-refractivity contribution in [2.24, 2.45) is 162 Å². The SMILES string of the molecule is CC12CCC(C(=N/O)/C1=N\O)C2(C)C.CC12CCC(C(=NO)/C1=N/O)C2(C)C.CC12CCC(C(=N\O)/C1=N\O)C2(C)C.CC12CCC(C(=N\O)/C1=N\O)C2(C)C.CC12CCC(C(=N\O)/C1=N\O)C2(C)C.CC12CCC(C(=N\O)/C1=N\O)C2(C)C.[Ag].[Ag].[Ag].[Ni].[Ni].[Ni]. The number of oxime groups is 12. The maximum atomic E-state index is 8.98. The van der Waals surface area contributed by atoms with Gasteiger partial charge < -0.3 is 62.5 Å². The van der Waals surface area contributed by atoms with Gasteiger partial charge in [0.25, 0.3) is 0 Å². The Morgan fingerprint density at radius 1 is 0.211 bits per heavy atom. The molecule has 12 rings (SSSR count). The van der Waals surface area contributed by atoms with Crippen molar-refractivity contribution in [3.05, 3.63) is 0 Å². The maximum absolute atomic E-state index is 8.98. The summed E-state index contributed by atoms with van der Waals surface area (Å²) < 4.78 is 0. The molecule has 0 spiro atoms. The second kappa shape index (κ2) is 29.0. The van der Waals surface area contributed by atoms with Crippen LogP contribution in [-0.4, -0.2) is 131 Å². The first-order chi connectivity index (χ1) is 38.9. The monoisotopic (exact) mass is 1670 g/mol. The van der Waals surface area contributed by atoms with Gasteiger partial charge in [0.05, 0.1) is 0 Å². The first-order valence-electron chi connectivity index (χ1n) is 29.6. The summed E-state index contributed by atoms with van der Waals surface area (Å²) in [6, 6.07) is 0. The van der Waals surface area contributed by atoms with Crippen molar-refractivity contribution in [2.75, 3.05) is 0 Å². The van der Waals surface area contributed by atoms with Crippen LogP contribution in [0.2, 0.25) is 0 Å². The summed E-state index contributed by atoms with van der Waals surface area (Å²) in [6.07, 6.45) is 12.1. The summed E-state index contributed by atoms with van der Waals surface area (Å²) in [7, 11) is 0. The zero-order chi connectivity index (χ0) is 63.4. The zero-order valence-electron chi connectivity index (χ0n) is 54.5. The van der Waals surface area contributed by atoms with E-state index >= 15 is 0 Å². The van der Waals surface area contributed by atoms with Crippen molar-refractivity contribution in [3.63, 3.8) is 0 Å². The van der Waals surface area contributed by atoms with Gasteiger partial charge in [0.2, 0.25) is 0 Å². The average Bonchev–Trinajstić information content (AvgIpc) is 1.63. The standard InChI is InChI=1S/6C10H16N2O2.3Ag.3Ni/c6*1-9(2)6-4-5-10(9,3)8(12-14)7(6)11-13;;;;;;/h6*6,13-14H,4-5H2,1-3H3;;;;;;/b11-7?,12-8-;4*11-7+,12-8+;11-7-,12-8+;;;;;;. The third-order valence-electron chi connectivity index (χ3n) is 27.2. The molecule has 0 aromatic rings. The molecule has 12 atom stereocenters. The van der Waals surface area contributed by atoms with Gasteiger partial charge in [-0.25, -0.2) is 0 Å². The average molecular weight is 1680 g/mol. The molecule has 0 saturated heterocycles. The predicted molar refractivity (Wildman–Crippen MR) is 318 cm³/mol. The topological polar surface area (TPSA) is 391 Å². The van der Waals surface area contributed by atoms with E-state index in [1.807, 2.05) is 0 Å². The Balaban J connectivity index is 0.000000533. The molecule has 30 heteroatoms. The summed E-state index contributed by atoms with van der Waals surface area (Å²) in [5.74, 6) is 1.35. The minimum atomic E-state index is -0.145. The van der Waals surface area contributed by atoms with Crippen molar-refractivity contribution < 1.29 is 179 Å². The maximum Gasteiger partial charge on any atom is 0.111 e. The van der Waals surface area contributed by atoms with Crippen LogP contribution in [0.15, 0.2) is 61.9 Å². The van der Waals surface area contributed by atoms with E-state index in [0.717, 1.165) is 77.0 Å². The molecular weight excluding hydrogens is 1580 g/mol. The Hall–Kier alpha value is -2.66. The van der Waals surface area contributed by atoms with E-state index in [2.05, 4.69) is 186 Å². The van der Waals surface area contributed by atoms with E-state index in [0.29, 0.717) is 68.5 Å². The van der Waals surface area contributed by atoms with Crippen LogP contribution >= 0.6 is 0 Å². The smallest absolute Gasteiger partial charge is 0.111 e. The van der Waals surface area contributed by atoms with Gasteiger partial charge in [-0.1, -0.05) is 186 Å². The van der Waals surface area contributed by atoms with E-state index in [-0.39, 0.29) is 217 Å². The molecule has 90 heavy (non-hydrogen) atoms. The molecule has 12 bridgehead atoms. The van der Waals surface area contributed by atoms with Gasteiger partial charge in [-0.2, -0.15) is 0 Å². The van der Waals surface area contributed by atoms with Gasteiger partial charge in [-0.05, 0) is 110 Å². The Morgan fingerprint density at radius 3 is 0.378 bits per heavy atom. The van der Waals surface area contributed by atoms with Crippen molar-refractivity contribution in [1.82, 2.24) is 0 Å². The molecule has 531 valence electrons. The van der Waals surface area contributed by atoms with Crippen molar-refractivity contribution in [1.29, 1.82) is 0 Å². The van der Waals surface area contributed by atoms with Gasteiger partial charge in [0, 0.05) is 185 Å². The Labute approximate surface area is 606 Å². The van der Waals surface area contributed by atoms with Gasteiger partial charge in [0.15, 0.2) is 0 Å². The third-order valence-corrected chi connectivity index (χ3v) is 27.2. The fourth-order valence-electron chi connectivity index (χ4n) is 18.8. The summed E-state index contributed by atoms with van der Waals surface area (Å²) in [4.78, 5) is 0. The minimum absolute atomic E-state index is 0. The van der Waals surface area contributed by atoms with E-state index in [4.69, 9.17) is 62.5 Å². The van der Waals surface area contributed by atoms with Crippen LogP contribution in [0.1, 0.15) is 202 Å². The molecule has 12 aliphatic rings. The molecule has 0 aliphatic heterocycles. The van der Waals surface area contributed by atoms with Gasteiger partial charge in [-0.15, -0.1) is 0 Å². The van der Waals surface area contributed by atoms with E-state index in [1.54, 1.807) is 0 Å². The molecular formula is C60H96Ag3N12Ni3O12. The van der Waals surface area contributed by atoms with Gasteiger partial charge in [0.1, 0.15) is 68.5 Å². The van der Waals surface area contributed by atoms with Crippen molar-refractivity contribution >= 4 is 68.5 Å². The fourth-order valence-corrected chi connectivity index (χ4v) is 18.8. The minimum Gasteiger partial charge on any atom is -0.411 e. The second-order valence-corrected chi connectivity index (χ2v) is 30.5. The largest absolute Gasteiger partial charge is 0.411 e. The predicted octanol–water partition coefficient (Wildman–Crippen LogP) is 12.6. The molecule has 12 aliphatic carbocycles. The number of hydrogen-bond acceptors (Lipinski definition) is 24. The molecule has 12 N–H and O–H groups in total. The molecule has 12 fully saturated rings. The van der Waals surface area contributed by atoms with E-state index in [1.165, 1.54) is 0 Å². The molecule has 0 aromatic carbocycles. The number of fused-ring (bicyclic) bond motifs is 12. The van der Waals surface area contributed by atoms with Crippen LogP contribution in [0, 0.1) is 100 Å². The van der Waals surface area contributed by atoms with E-state index < -0.39 is 0 Å². The third kappa shape index (κ3) is 11.3. The summed E-state index contributed by atoms with van der Waals surface area (Å²) in [5, 5.41) is 147. The van der Waals surface area contributed by atoms with Crippen LogP contribution in [0.3, 0.4) is 0 Å². The summed E-state index contributed by atoms with van der Waals surface area (Å²) in [6.45, 7) is 38.3. The summed E-state index contributed by atoms with van der Waals surface area (Å²) in [5.41, 5.74) is 6.15. The fraction of sp³-hybridized carbons (Fsp3) is 0.800. The first kappa shape index (κ1) is 85.4. The van der Waals surface area contributed by atoms with Gasteiger partial charge >= 0.3 is 0 Å². The van der Waals surface area contributed by atoms with Crippen molar-refractivity contribution in [2.45, 2.75) is 202 Å². The number of nitrogens with zero attached hydrogens (tertiary/aromatic N) is 12. The van der Waals surface area contributed by atoms with Crippen LogP contribution in [-0.2, 0) is 117 Å². The Bertz CT molecular complexity index is 2550. The van der Waals surface area contributed by atoms with E-state index in [9.17, 15) is 0 Å². The quantitative estimate of drug-likeness (QED) is 0.0612. The van der Waals surface area contributed by atoms with Crippen molar-refractivity contribution in [3.8, 4) is 0 Å². The number of hydrogen-bond donors (Lipinski definition) is 12. The van der Waals surface area contributed by atoms with Gasteiger partial charge in [-0.3, -0.25) is 0 Å². The van der Waals surface area contributed by atoms with Crippen LogP contribution < -0.4 is 0 Å². The molecule has 0 aromatic heterocycles. The molecule has 12 unspecified atom stereocenters. The molecule has 0 amide bonds. The Kier molecular flexibility index (Phi) is 27.5. The van der Waals surface area contributed by atoms with Crippen LogP contribution in [0.4, 0.5) is 0 Å². The molecule has 0 heterocycles. The van der Waals surface area contributed by atoms with Crippen LogP contribution in [0.25, 0.3) is 0 Å². The Morgan fingerprint density at radius 2 is 0.311 bits per heavy atom. The second-order valence-electron chi connectivity index (χ2n) is 30.5. The van der Waals surface area contributed by atoms with Crippen LogP contribution in [0.5, 0.6) is 0 Å². The molecule has 3 radical (unpaired) electrons. The normalized spacial score (nSPS) is 42.2. The zero-order valence-corrected chi connectivity index (χ0v) is 61.9. The molecule has 12 saturated carbocycles.